The van der Waals surface area contributed by atoms with Gasteiger partial charge in [0, 0.05) is 18.8 Å². The monoisotopic (exact) mass is 224 g/mol. The van der Waals surface area contributed by atoms with Crippen LogP contribution in [0.25, 0.3) is 0 Å². The summed E-state index contributed by atoms with van der Waals surface area (Å²) in [5, 5.41) is 6.96. The van der Waals surface area contributed by atoms with Crippen molar-refractivity contribution in [2.75, 3.05) is 12.3 Å². The van der Waals surface area contributed by atoms with Crippen molar-refractivity contribution < 1.29 is 4.79 Å². The van der Waals surface area contributed by atoms with Gasteiger partial charge in [0.25, 0.3) is 5.91 Å². The zero-order chi connectivity index (χ0) is 12.3. The number of anilines is 1. The van der Waals surface area contributed by atoms with E-state index in [4.69, 9.17) is 5.73 Å². The predicted octanol–water partition coefficient (Wildman–Crippen LogP) is 1.43. The fourth-order valence-corrected chi connectivity index (χ4v) is 1.23. The lowest BCUT2D eigenvalue weighted by atomic mass is 10.2. The summed E-state index contributed by atoms with van der Waals surface area (Å²) in [5.74, 6) is 0.211. The van der Waals surface area contributed by atoms with Crippen LogP contribution in [-0.2, 0) is 0 Å². The lowest BCUT2D eigenvalue weighted by Gasteiger charge is -2.06. The van der Waals surface area contributed by atoms with Crippen molar-refractivity contribution >= 4 is 11.6 Å². The number of nitrogens with two attached hydrogens (primary N) is 1. The summed E-state index contributed by atoms with van der Waals surface area (Å²) in [5.41, 5.74) is 6.48. The molecule has 1 amide bonds. The van der Waals surface area contributed by atoms with Crippen molar-refractivity contribution in [2.45, 2.75) is 33.7 Å². The standard InChI is InChI=1S/C11H20N4O/c1-7(2)5-13-11(16)10-9(12)6-15(14-10)8(3)4/h6-8H,5,12H2,1-4H3,(H,13,16). The SMILES string of the molecule is CC(C)CNC(=O)c1nn(C(C)C)cc1N. The highest BCUT2D eigenvalue weighted by molar-refractivity contribution is 5.96. The van der Waals surface area contributed by atoms with E-state index in [1.807, 2.05) is 27.7 Å². The molecule has 0 saturated heterocycles. The van der Waals surface area contributed by atoms with Gasteiger partial charge in [-0.1, -0.05) is 13.8 Å². The van der Waals surface area contributed by atoms with E-state index in [-0.39, 0.29) is 11.9 Å². The van der Waals surface area contributed by atoms with Crippen LogP contribution in [-0.4, -0.2) is 22.2 Å². The Morgan fingerprint density at radius 1 is 1.50 bits per heavy atom. The molecular weight excluding hydrogens is 204 g/mol. The maximum atomic E-state index is 11.7. The van der Waals surface area contributed by atoms with Crippen molar-refractivity contribution in [3.63, 3.8) is 0 Å². The first-order chi connectivity index (χ1) is 7.41. The van der Waals surface area contributed by atoms with Crippen LogP contribution in [0.3, 0.4) is 0 Å². The number of amides is 1. The molecule has 0 spiro atoms. The summed E-state index contributed by atoms with van der Waals surface area (Å²) in [7, 11) is 0. The second-order valence-corrected chi connectivity index (χ2v) is 4.61. The zero-order valence-electron chi connectivity index (χ0n) is 10.3. The highest BCUT2D eigenvalue weighted by atomic mass is 16.2. The summed E-state index contributed by atoms with van der Waals surface area (Å²) >= 11 is 0. The summed E-state index contributed by atoms with van der Waals surface area (Å²) < 4.78 is 1.69. The second kappa shape index (κ2) is 5.01. The quantitative estimate of drug-likeness (QED) is 0.812. The highest BCUT2D eigenvalue weighted by Crippen LogP contribution is 2.12. The summed E-state index contributed by atoms with van der Waals surface area (Å²) in [4.78, 5) is 11.7. The molecule has 0 aliphatic rings. The number of carbonyl (C=O) groups is 1. The van der Waals surface area contributed by atoms with Crippen LogP contribution in [0.5, 0.6) is 0 Å². The van der Waals surface area contributed by atoms with Gasteiger partial charge >= 0.3 is 0 Å². The lowest BCUT2D eigenvalue weighted by molar-refractivity contribution is 0.0944. The van der Waals surface area contributed by atoms with Gasteiger partial charge in [0.2, 0.25) is 0 Å². The van der Waals surface area contributed by atoms with Crippen molar-refractivity contribution in [1.29, 1.82) is 0 Å². The van der Waals surface area contributed by atoms with E-state index in [9.17, 15) is 4.79 Å². The van der Waals surface area contributed by atoms with E-state index in [0.29, 0.717) is 23.8 Å². The molecule has 0 saturated carbocycles. The number of aromatic nitrogens is 2. The molecule has 0 aliphatic carbocycles. The number of carbonyl (C=O) groups excluding carboxylic acids is 1. The molecule has 0 aromatic carbocycles. The molecule has 5 nitrogen and oxygen atoms in total. The molecule has 90 valence electrons. The summed E-state index contributed by atoms with van der Waals surface area (Å²) in [6.07, 6.45) is 1.69. The van der Waals surface area contributed by atoms with Gasteiger partial charge in [0.15, 0.2) is 5.69 Å². The van der Waals surface area contributed by atoms with Crippen molar-refractivity contribution in [3.05, 3.63) is 11.9 Å². The Morgan fingerprint density at radius 2 is 2.12 bits per heavy atom. The molecule has 1 aromatic rings. The minimum atomic E-state index is -0.203. The van der Waals surface area contributed by atoms with Gasteiger partial charge in [-0.15, -0.1) is 0 Å². The van der Waals surface area contributed by atoms with Gasteiger partial charge < -0.3 is 11.1 Å². The van der Waals surface area contributed by atoms with Gasteiger partial charge in [-0.3, -0.25) is 9.48 Å². The fourth-order valence-electron chi connectivity index (χ4n) is 1.23. The highest BCUT2D eigenvalue weighted by Gasteiger charge is 2.15. The van der Waals surface area contributed by atoms with Gasteiger partial charge in [0.1, 0.15) is 0 Å². The van der Waals surface area contributed by atoms with E-state index in [2.05, 4.69) is 10.4 Å². The van der Waals surface area contributed by atoms with Crippen LogP contribution in [0.4, 0.5) is 5.69 Å². The maximum absolute atomic E-state index is 11.7. The second-order valence-electron chi connectivity index (χ2n) is 4.61. The summed E-state index contributed by atoms with van der Waals surface area (Å²) in [6, 6.07) is 0.203. The molecule has 16 heavy (non-hydrogen) atoms. The third kappa shape index (κ3) is 2.98. The van der Waals surface area contributed by atoms with Crippen LogP contribution in [0.15, 0.2) is 6.20 Å². The minimum Gasteiger partial charge on any atom is -0.396 e. The number of hydrogen-bond donors (Lipinski definition) is 2. The van der Waals surface area contributed by atoms with Gasteiger partial charge in [0.05, 0.1) is 5.69 Å². The Morgan fingerprint density at radius 3 is 2.56 bits per heavy atom. The number of nitrogens with one attached hydrogen (secondary N) is 1. The lowest BCUT2D eigenvalue weighted by Crippen LogP contribution is -2.28. The van der Waals surface area contributed by atoms with E-state index >= 15 is 0 Å². The fraction of sp³-hybridized carbons (Fsp3) is 0.636. The van der Waals surface area contributed by atoms with Crippen LogP contribution >= 0.6 is 0 Å². The van der Waals surface area contributed by atoms with Crippen LogP contribution < -0.4 is 11.1 Å². The maximum Gasteiger partial charge on any atom is 0.273 e. The average Bonchev–Trinajstić information content (AvgIpc) is 2.57. The van der Waals surface area contributed by atoms with Crippen molar-refractivity contribution in [3.8, 4) is 0 Å². The molecule has 0 unspecified atom stereocenters. The third-order valence-electron chi connectivity index (χ3n) is 2.18. The minimum absolute atomic E-state index is 0.203. The van der Waals surface area contributed by atoms with E-state index in [1.54, 1.807) is 10.9 Å². The molecule has 1 heterocycles. The molecule has 1 aromatic heterocycles. The molecule has 3 N–H and O–H groups in total. The number of rotatable bonds is 4. The molecule has 0 fully saturated rings. The van der Waals surface area contributed by atoms with E-state index in [0.717, 1.165) is 0 Å². The number of nitrogen functional groups attached to an aromatic ring is 1. The molecule has 0 atom stereocenters. The topological polar surface area (TPSA) is 72.9 Å². The Kier molecular flexibility index (Phi) is 3.93. The first-order valence-electron chi connectivity index (χ1n) is 5.54. The Labute approximate surface area is 96.0 Å². The van der Waals surface area contributed by atoms with E-state index < -0.39 is 0 Å². The smallest absolute Gasteiger partial charge is 0.273 e. The number of hydrogen-bond acceptors (Lipinski definition) is 3. The number of nitrogens with zero attached hydrogens (tertiary/aromatic N) is 2. The Balaban J connectivity index is 2.75. The van der Waals surface area contributed by atoms with Gasteiger partial charge in [-0.05, 0) is 19.8 Å². The largest absolute Gasteiger partial charge is 0.396 e. The molecule has 0 radical (unpaired) electrons. The van der Waals surface area contributed by atoms with Crippen LogP contribution in [0.1, 0.15) is 44.2 Å². The molecule has 0 bridgehead atoms. The normalized spacial score (nSPS) is 11.1. The molecule has 0 aliphatic heterocycles. The Hall–Kier alpha value is -1.52. The first kappa shape index (κ1) is 12.5. The molecule has 1 rings (SSSR count). The Bertz CT molecular complexity index is 368. The summed E-state index contributed by atoms with van der Waals surface area (Å²) in [6.45, 7) is 8.68. The first-order valence-corrected chi connectivity index (χ1v) is 5.54. The van der Waals surface area contributed by atoms with Crippen LogP contribution in [0, 0.1) is 5.92 Å². The molecular formula is C11H20N4O. The molecule has 5 heteroatoms. The van der Waals surface area contributed by atoms with Crippen molar-refractivity contribution in [1.82, 2.24) is 15.1 Å². The third-order valence-corrected chi connectivity index (χ3v) is 2.18. The van der Waals surface area contributed by atoms with Crippen molar-refractivity contribution in [2.24, 2.45) is 5.92 Å². The average molecular weight is 224 g/mol. The predicted molar refractivity (Wildman–Crippen MR) is 64.2 cm³/mol. The van der Waals surface area contributed by atoms with Gasteiger partial charge in [-0.2, -0.15) is 5.10 Å². The van der Waals surface area contributed by atoms with Gasteiger partial charge in [-0.25, -0.2) is 0 Å². The van der Waals surface area contributed by atoms with Crippen LogP contribution in [0.2, 0.25) is 0 Å². The zero-order valence-corrected chi connectivity index (χ0v) is 10.3. The van der Waals surface area contributed by atoms with E-state index in [1.165, 1.54) is 0 Å².